The van der Waals surface area contributed by atoms with Gasteiger partial charge >= 0.3 is 0 Å². The molecule has 2 fully saturated rings. The monoisotopic (exact) mass is 377 g/mol. The van der Waals surface area contributed by atoms with Crippen LogP contribution in [0.4, 0.5) is 0 Å². The molecule has 1 amide bonds. The first-order valence-corrected chi connectivity index (χ1v) is 9.09. The summed E-state index contributed by atoms with van der Waals surface area (Å²) in [4.78, 5) is 17.7. The van der Waals surface area contributed by atoms with E-state index in [0.29, 0.717) is 17.1 Å². The van der Waals surface area contributed by atoms with Crippen LogP contribution in [0, 0.1) is 0 Å². The van der Waals surface area contributed by atoms with Gasteiger partial charge in [0.05, 0.1) is 4.88 Å². The molecule has 2 saturated heterocycles. The molecule has 2 aliphatic rings. The lowest BCUT2D eigenvalue weighted by Gasteiger charge is -2.20. The number of hydrogen-bond acceptors (Lipinski definition) is 4. The van der Waals surface area contributed by atoms with Gasteiger partial charge in [-0.05, 0) is 25.3 Å². The molecule has 6 heteroatoms. The van der Waals surface area contributed by atoms with Crippen LogP contribution < -0.4 is 10.6 Å². The largest absolute Gasteiger partial charge is 0.346 e. The van der Waals surface area contributed by atoms with Crippen molar-refractivity contribution in [2.24, 2.45) is 0 Å². The molecular weight excluding hydrogens is 362 g/mol. The smallest absolute Gasteiger partial charge is 0.280 e. The van der Waals surface area contributed by atoms with Crippen molar-refractivity contribution in [3.8, 4) is 10.4 Å². The minimum Gasteiger partial charge on any atom is -0.346 e. The Bertz CT molecular complexity index is 717. The third kappa shape index (κ3) is 2.59. The second-order valence-corrected chi connectivity index (χ2v) is 7.76. The number of fused-ring (bicyclic) bond motifs is 2. The van der Waals surface area contributed by atoms with Gasteiger partial charge in [-0.1, -0.05) is 34.1 Å². The molecule has 1 aromatic heterocycles. The maximum Gasteiger partial charge on any atom is 0.280 e. The van der Waals surface area contributed by atoms with E-state index in [9.17, 15) is 4.79 Å². The topological polar surface area (TPSA) is 54.0 Å². The van der Waals surface area contributed by atoms with Crippen molar-refractivity contribution in [1.82, 2.24) is 15.6 Å². The zero-order valence-corrected chi connectivity index (χ0v) is 14.3. The molecule has 0 radical (unpaired) electrons. The molecule has 4 rings (SSSR count). The van der Waals surface area contributed by atoms with Crippen molar-refractivity contribution in [1.29, 1.82) is 0 Å². The van der Waals surface area contributed by atoms with Crippen molar-refractivity contribution in [2.75, 3.05) is 0 Å². The number of carbonyl (C=O) groups is 1. The fourth-order valence-corrected chi connectivity index (χ4v) is 4.87. The Labute approximate surface area is 141 Å². The third-order valence-corrected chi connectivity index (χ3v) is 6.18. The lowest BCUT2D eigenvalue weighted by atomic mass is 9.95. The highest BCUT2D eigenvalue weighted by atomic mass is 79.9. The molecule has 2 N–H and O–H groups in total. The Kier molecular flexibility index (Phi) is 3.76. The van der Waals surface area contributed by atoms with Gasteiger partial charge in [0, 0.05) is 34.4 Å². The molecule has 114 valence electrons. The molecule has 3 atom stereocenters. The lowest BCUT2D eigenvalue weighted by Crippen LogP contribution is -2.42. The first-order chi connectivity index (χ1) is 10.7. The number of carbonyl (C=O) groups excluding carboxylic acids is 1. The molecule has 3 heterocycles. The zero-order chi connectivity index (χ0) is 15.1. The molecule has 1 aromatic carbocycles. The molecule has 2 aromatic rings. The molecule has 0 saturated carbocycles. The summed E-state index contributed by atoms with van der Waals surface area (Å²) in [5, 5.41) is 7.21. The number of aromatic nitrogens is 1. The fourth-order valence-electron chi connectivity index (χ4n) is 3.38. The molecule has 0 aliphatic carbocycles. The summed E-state index contributed by atoms with van der Waals surface area (Å²) < 4.78 is 1.02. The number of thiazole rings is 1. The highest BCUT2D eigenvalue weighted by Crippen LogP contribution is 2.32. The predicted octanol–water partition coefficient (Wildman–Crippen LogP) is 3.20. The van der Waals surface area contributed by atoms with Crippen LogP contribution >= 0.6 is 27.3 Å². The van der Waals surface area contributed by atoms with Crippen LogP contribution in [-0.2, 0) is 0 Å². The third-order valence-electron chi connectivity index (χ3n) is 4.46. The van der Waals surface area contributed by atoms with E-state index in [1.54, 1.807) is 6.20 Å². The molecule has 2 aliphatic heterocycles. The van der Waals surface area contributed by atoms with E-state index in [-0.39, 0.29) is 11.9 Å². The van der Waals surface area contributed by atoms with Crippen LogP contribution in [0.15, 0.2) is 34.9 Å². The van der Waals surface area contributed by atoms with Crippen LogP contribution in [0.2, 0.25) is 0 Å². The number of benzene rings is 1. The van der Waals surface area contributed by atoms with Gasteiger partial charge in [-0.3, -0.25) is 4.79 Å². The summed E-state index contributed by atoms with van der Waals surface area (Å²) in [6.07, 6.45) is 5.22. The van der Waals surface area contributed by atoms with E-state index in [4.69, 9.17) is 0 Å². The molecular formula is C16H16BrN3OS. The van der Waals surface area contributed by atoms with Crippen molar-refractivity contribution in [3.05, 3.63) is 39.9 Å². The highest BCUT2D eigenvalue weighted by molar-refractivity contribution is 9.10. The number of hydrogen-bond donors (Lipinski definition) is 2. The maximum atomic E-state index is 12.4. The molecule has 0 spiro atoms. The van der Waals surface area contributed by atoms with Gasteiger partial charge < -0.3 is 10.6 Å². The van der Waals surface area contributed by atoms with Gasteiger partial charge in [-0.2, -0.15) is 0 Å². The summed E-state index contributed by atoms with van der Waals surface area (Å²) in [6, 6.07) is 9.26. The van der Waals surface area contributed by atoms with Crippen LogP contribution in [0.3, 0.4) is 0 Å². The van der Waals surface area contributed by atoms with Gasteiger partial charge in [-0.15, -0.1) is 11.3 Å². The van der Waals surface area contributed by atoms with Gasteiger partial charge in [0.1, 0.15) is 0 Å². The van der Waals surface area contributed by atoms with Gasteiger partial charge in [-0.25, -0.2) is 4.98 Å². The van der Waals surface area contributed by atoms with E-state index in [1.165, 1.54) is 17.8 Å². The minimum atomic E-state index is -0.0531. The van der Waals surface area contributed by atoms with E-state index in [2.05, 4.69) is 31.5 Å². The Balaban J connectivity index is 1.49. The first-order valence-electron chi connectivity index (χ1n) is 7.48. The van der Waals surface area contributed by atoms with Crippen LogP contribution in [0.25, 0.3) is 10.4 Å². The molecule has 0 unspecified atom stereocenters. The van der Waals surface area contributed by atoms with Crippen LogP contribution in [-0.4, -0.2) is 29.0 Å². The summed E-state index contributed by atoms with van der Waals surface area (Å²) in [5.41, 5.74) is 1.07. The summed E-state index contributed by atoms with van der Waals surface area (Å²) in [6.45, 7) is 0. The molecule has 2 bridgehead atoms. The second-order valence-electron chi connectivity index (χ2n) is 5.87. The predicted molar refractivity (Wildman–Crippen MR) is 91.1 cm³/mol. The van der Waals surface area contributed by atoms with Gasteiger partial charge in [0.25, 0.3) is 5.91 Å². The summed E-state index contributed by atoms with van der Waals surface area (Å²) >= 11 is 4.98. The Morgan fingerprint density at radius 1 is 1.36 bits per heavy atom. The Morgan fingerprint density at radius 2 is 2.23 bits per heavy atom. The van der Waals surface area contributed by atoms with Crippen LogP contribution in [0.1, 0.15) is 29.1 Å². The van der Waals surface area contributed by atoms with Crippen molar-refractivity contribution < 1.29 is 4.79 Å². The maximum absolute atomic E-state index is 12.4. The van der Waals surface area contributed by atoms with Crippen molar-refractivity contribution in [2.45, 2.75) is 37.4 Å². The quantitative estimate of drug-likeness (QED) is 0.863. The average molecular weight is 378 g/mol. The van der Waals surface area contributed by atoms with Crippen LogP contribution in [0.5, 0.6) is 0 Å². The molecule has 4 nitrogen and oxygen atoms in total. The van der Waals surface area contributed by atoms with Crippen molar-refractivity contribution in [3.63, 3.8) is 0 Å². The van der Waals surface area contributed by atoms with E-state index in [1.807, 2.05) is 24.3 Å². The van der Waals surface area contributed by atoms with Gasteiger partial charge in [0.15, 0.2) is 5.01 Å². The second kappa shape index (κ2) is 5.76. The SMILES string of the molecule is O=C(N[C@@H]1C[C@H]2CC[C@@H]1N2)c1ncc(-c2ccccc2Br)s1. The van der Waals surface area contributed by atoms with E-state index in [0.717, 1.165) is 27.8 Å². The highest BCUT2D eigenvalue weighted by Gasteiger charge is 2.39. The van der Waals surface area contributed by atoms with E-state index < -0.39 is 0 Å². The normalized spacial score (nSPS) is 26.3. The zero-order valence-electron chi connectivity index (χ0n) is 11.9. The summed E-state index contributed by atoms with van der Waals surface area (Å²) in [7, 11) is 0. The Morgan fingerprint density at radius 3 is 2.95 bits per heavy atom. The van der Waals surface area contributed by atoms with E-state index >= 15 is 0 Å². The molecule has 22 heavy (non-hydrogen) atoms. The standard InChI is InChI=1S/C16H16BrN3OS/c17-11-4-2-1-3-10(11)14-8-18-16(22-14)15(21)20-13-7-9-5-6-12(13)19-9/h1-4,8-9,12-13,19H,5-7H2,(H,20,21)/t9-,12+,13-/m1/s1. The van der Waals surface area contributed by atoms with Gasteiger partial charge in [0.2, 0.25) is 0 Å². The Hall–Kier alpha value is -1.24. The summed E-state index contributed by atoms with van der Waals surface area (Å²) in [5.74, 6) is -0.0531. The lowest BCUT2D eigenvalue weighted by molar-refractivity contribution is 0.0930. The fraction of sp³-hybridized carbons (Fsp3) is 0.375. The number of amides is 1. The van der Waals surface area contributed by atoms with Crippen molar-refractivity contribution >= 4 is 33.2 Å². The number of halogens is 1. The minimum absolute atomic E-state index is 0.0531. The average Bonchev–Trinajstić information content (AvgIpc) is 3.24. The number of rotatable bonds is 3. The first kappa shape index (κ1) is 14.4. The number of nitrogens with zero attached hydrogens (tertiary/aromatic N) is 1. The number of nitrogens with one attached hydrogen (secondary N) is 2.